The van der Waals surface area contributed by atoms with E-state index < -0.39 is 0 Å². The largest absolute Gasteiger partial charge is 0.493 e. The molecule has 3 nitrogen and oxygen atoms in total. The standard InChI is InChI=1S/C16H19NO2S/c1-12-7-8-13(17)16(11-12)20-10-9-19-15-6-4-3-5-14(15)18-2/h3-8,11H,9-10,17H2,1-2H3. The van der Waals surface area contributed by atoms with Gasteiger partial charge in [0.25, 0.3) is 0 Å². The van der Waals surface area contributed by atoms with Crippen molar-refractivity contribution in [3.05, 3.63) is 48.0 Å². The zero-order chi connectivity index (χ0) is 14.4. The molecule has 0 unspecified atom stereocenters. The second-order valence-corrected chi connectivity index (χ2v) is 5.53. The maximum atomic E-state index is 5.95. The van der Waals surface area contributed by atoms with E-state index in [1.165, 1.54) is 5.56 Å². The summed E-state index contributed by atoms with van der Waals surface area (Å²) in [5, 5.41) is 0. The molecule has 0 amide bonds. The molecule has 2 aromatic carbocycles. The zero-order valence-electron chi connectivity index (χ0n) is 11.8. The van der Waals surface area contributed by atoms with Crippen LogP contribution >= 0.6 is 11.8 Å². The van der Waals surface area contributed by atoms with Crippen LogP contribution in [0.1, 0.15) is 5.56 Å². The number of anilines is 1. The summed E-state index contributed by atoms with van der Waals surface area (Å²) in [5.41, 5.74) is 7.98. The average Bonchev–Trinajstić information content (AvgIpc) is 2.47. The predicted molar refractivity (Wildman–Crippen MR) is 84.8 cm³/mol. The molecule has 0 aliphatic carbocycles. The Morgan fingerprint density at radius 3 is 2.60 bits per heavy atom. The van der Waals surface area contributed by atoms with Crippen LogP contribution in [0.2, 0.25) is 0 Å². The first-order valence-corrected chi connectivity index (χ1v) is 7.44. The number of hydrogen-bond donors (Lipinski definition) is 1. The van der Waals surface area contributed by atoms with E-state index in [0.29, 0.717) is 6.61 Å². The highest BCUT2D eigenvalue weighted by atomic mass is 32.2. The highest BCUT2D eigenvalue weighted by Crippen LogP contribution is 2.28. The Hall–Kier alpha value is -1.81. The lowest BCUT2D eigenvalue weighted by molar-refractivity contribution is 0.313. The van der Waals surface area contributed by atoms with E-state index in [4.69, 9.17) is 15.2 Å². The number of hydrogen-bond acceptors (Lipinski definition) is 4. The van der Waals surface area contributed by atoms with E-state index in [9.17, 15) is 0 Å². The molecule has 0 aromatic heterocycles. The average molecular weight is 289 g/mol. The van der Waals surface area contributed by atoms with Gasteiger partial charge in [0.05, 0.1) is 13.7 Å². The van der Waals surface area contributed by atoms with Crippen molar-refractivity contribution >= 4 is 17.4 Å². The van der Waals surface area contributed by atoms with Crippen LogP contribution in [0.5, 0.6) is 11.5 Å². The fourth-order valence-corrected chi connectivity index (χ4v) is 2.70. The molecule has 0 bridgehead atoms. The minimum atomic E-state index is 0.610. The number of ether oxygens (including phenoxy) is 2. The van der Waals surface area contributed by atoms with Crippen LogP contribution in [0.25, 0.3) is 0 Å². The maximum absolute atomic E-state index is 5.95. The Morgan fingerprint density at radius 1 is 1.10 bits per heavy atom. The molecular weight excluding hydrogens is 270 g/mol. The lowest BCUT2D eigenvalue weighted by Crippen LogP contribution is -2.02. The van der Waals surface area contributed by atoms with Gasteiger partial charge in [-0.15, -0.1) is 11.8 Å². The van der Waals surface area contributed by atoms with Gasteiger partial charge in [0, 0.05) is 16.3 Å². The van der Waals surface area contributed by atoms with E-state index in [1.54, 1.807) is 18.9 Å². The Balaban J connectivity index is 1.86. The SMILES string of the molecule is COc1ccccc1OCCSc1cc(C)ccc1N. The minimum absolute atomic E-state index is 0.610. The van der Waals surface area contributed by atoms with Gasteiger partial charge in [-0.3, -0.25) is 0 Å². The molecule has 2 rings (SSSR count). The topological polar surface area (TPSA) is 44.5 Å². The van der Waals surface area contributed by atoms with Crippen LogP contribution < -0.4 is 15.2 Å². The Kier molecular flexibility index (Phi) is 5.18. The molecule has 4 heteroatoms. The van der Waals surface area contributed by atoms with Crippen LogP contribution in [-0.2, 0) is 0 Å². The van der Waals surface area contributed by atoms with Gasteiger partial charge in [0.2, 0.25) is 0 Å². The molecule has 20 heavy (non-hydrogen) atoms. The first-order chi connectivity index (χ1) is 9.70. The first-order valence-electron chi connectivity index (χ1n) is 6.45. The fourth-order valence-electron chi connectivity index (χ4n) is 1.81. The van der Waals surface area contributed by atoms with Crippen LogP contribution in [0.15, 0.2) is 47.4 Å². The smallest absolute Gasteiger partial charge is 0.161 e. The molecular formula is C16H19NO2S. The van der Waals surface area contributed by atoms with Crippen molar-refractivity contribution in [2.45, 2.75) is 11.8 Å². The normalized spacial score (nSPS) is 10.3. The third-order valence-corrected chi connectivity index (χ3v) is 3.87. The Bertz CT molecular complexity index is 572. The molecule has 0 saturated heterocycles. The molecule has 0 heterocycles. The Labute approximate surface area is 124 Å². The third kappa shape index (κ3) is 3.84. The van der Waals surface area contributed by atoms with E-state index in [0.717, 1.165) is 27.8 Å². The molecule has 0 fully saturated rings. The van der Waals surface area contributed by atoms with Crippen molar-refractivity contribution in [3.8, 4) is 11.5 Å². The van der Waals surface area contributed by atoms with Crippen LogP contribution in [0.4, 0.5) is 5.69 Å². The molecule has 0 atom stereocenters. The molecule has 2 aromatic rings. The predicted octanol–water partition coefficient (Wildman–Crippen LogP) is 3.76. The van der Waals surface area contributed by atoms with E-state index in [-0.39, 0.29) is 0 Å². The molecule has 106 valence electrons. The van der Waals surface area contributed by atoms with Gasteiger partial charge in [-0.05, 0) is 36.8 Å². The number of benzene rings is 2. The number of thioether (sulfide) groups is 1. The van der Waals surface area contributed by atoms with Gasteiger partial charge >= 0.3 is 0 Å². The Morgan fingerprint density at radius 2 is 1.85 bits per heavy atom. The van der Waals surface area contributed by atoms with Gasteiger partial charge in [0.1, 0.15) is 0 Å². The lowest BCUT2D eigenvalue weighted by Gasteiger charge is -2.10. The van der Waals surface area contributed by atoms with Gasteiger partial charge < -0.3 is 15.2 Å². The minimum Gasteiger partial charge on any atom is -0.493 e. The van der Waals surface area contributed by atoms with Gasteiger partial charge in [-0.2, -0.15) is 0 Å². The number of rotatable bonds is 6. The molecule has 0 aliphatic heterocycles. The molecule has 0 saturated carbocycles. The number of nitrogens with two attached hydrogens (primary N) is 1. The van der Waals surface area contributed by atoms with Crippen LogP contribution in [-0.4, -0.2) is 19.5 Å². The molecule has 0 aliphatic rings. The van der Waals surface area contributed by atoms with Crippen LogP contribution in [0.3, 0.4) is 0 Å². The quantitative estimate of drug-likeness (QED) is 0.499. The third-order valence-electron chi connectivity index (χ3n) is 2.84. The number of aryl methyl sites for hydroxylation is 1. The first kappa shape index (κ1) is 14.6. The number of para-hydroxylation sites is 2. The summed E-state index contributed by atoms with van der Waals surface area (Å²) in [5.74, 6) is 2.37. The zero-order valence-corrected chi connectivity index (χ0v) is 12.6. The summed E-state index contributed by atoms with van der Waals surface area (Å²) in [7, 11) is 1.64. The van der Waals surface area contributed by atoms with Crippen molar-refractivity contribution in [2.24, 2.45) is 0 Å². The number of nitrogen functional groups attached to an aromatic ring is 1. The molecule has 2 N–H and O–H groups in total. The van der Waals surface area contributed by atoms with E-state index in [1.807, 2.05) is 36.4 Å². The summed E-state index contributed by atoms with van der Waals surface area (Å²) in [4.78, 5) is 1.11. The highest BCUT2D eigenvalue weighted by Gasteiger charge is 2.04. The van der Waals surface area contributed by atoms with E-state index >= 15 is 0 Å². The number of methoxy groups -OCH3 is 1. The van der Waals surface area contributed by atoms with Crippen molar-refractivity contribution in [2.75, 3.05) is 25.2 Å². The van der Waals surface area contributed by atoms with Crippen molar-refractivity contribution in [3.63, 3.8) is 0 Å². The summed E-state index contributed by atoms with van der Waals surface area (Å²) in [6, 6.07) is 13.7. The van der Waals surface area contributed by atoms with Gasteiger partial charge in [0.15, 0.2) is 11.5 Å². The van der Waals surface area contributed by atoms with E-state index in [2.05, 4.69) is 13.0 Å². The maximum Gasteiger partial charge on any atom is 0.161 e. The van der Waals surface area contributed by atoms with Gasteiger partial charge in [-0.1, -0.05) is 18.2 Å². The second-order valence-electron chi connectivity index (χ2n) is 4.39. The fraction of sp³-hybridized carbons (Fsp3) is 0.250. The van der Waals surface area contributed by atoms with Crippen molar-refractivity contribution in [1.82, 2.24) is 0 Å². The van der Waals surface area contributed by atoms with Gasteiger partial charge in [-0.25, -0.2) is 0 Å². The highest BCUT2D eigenvalue weighted by molar-refractivity contribution is 7.99. The van der Waals surface area contributed by atoms with Crippen LogP contribution in [0, 0.1) is 6.92 Å². The monoisotopic (exact) mass is 289 g/mol. The summed E-state index contributed by atoms with van der Waals surface area (Å²) < 4.78 is 11.0. The summed E-state index contributed by atoms with van der Waals surface area (Å²) >= 11 is 1.70. The summed E-state index contributed by atoms with van der Waals surface area (Å²) in [6.45, 7) is 2.67. The molecule has 0 spiro atoms. The second kappa shape index (κ2) is 7.10. The molecule has 0 radical (unpaired) electrons. The summed E-state index contributed by atoms with van der Waals surface area (Å²) in [6.07, 6.45) is 0. The van der Waals surface area contributed by atoms with Crippen molar-refractivity contribution in [1.29, 1.82) is 0 Å². The van der Waals surface area contributed by atoms with Crippen molar-refractivity contribution < 1.29 is 9.47 Å². The lowest BCUT2D eigenvalue weighted by atomic mass is 10.2.